The SMILES string of the molecule is Cn1nccc1C1=CC2CCC(C1)N2C(=O)CCS. The monoisotopic (exact) mass is 277 g/mol. The van der Waals surface area contributed by atoms with Crippen LogP contribution in [0.1, 0.15) is 31.4 Å². The molecule has 2 bridgehead atoms. The molecule has 1 saturated heterocycles. The first-order valence-electron chi connectivity index (χ1n) is 6.82. The number of carbonyl (C=O) groups excluding carboxylic acids is 1. The zero-order valence-corrected chi connectivity index (χ0v) is 12.0. The number of thiol groups is 1. The molecule has 0 aromatic carbocycles. The van der Waals surface area contributed by atoms with Crippen LogP contribution in [0.3, 0.4) is 0 Å². The van der Waals surface area contributed by atoms with Gasteiger partial charge in [-0.25, -0.2) is 0 Å². The molecule has 2 unspecified atom stereocenters. The predicted molar refractivity (Wildman–Crippen MR) is 77.9 cm³/mol. The highest BCUT2D eigenvalue weighted by atomic mass is 32.1. The molecular formula is C14H19N3OS. The molecule has 1 aromatic heterocycles. The van der Waals surface area contributed by atoms with Crippen molar-refractivity contribution in [3.8, 4) is 0 Å². The normalized spacial score (nSPS) is 25.6. The zero-order chi connectivity index (χ0) is 13.4. The summed E-state index contributed by atoms with van der Waals surface area (Å²) in [5.74, 6) is 0.885. The molecule has 1 aromatic rings. The van der Waals surface area contributed by atoms with Crippen molar-refractivity contribution in [2.45, 2.75) is 37.8 Å². The molecule has 0 aliphatic carbocycles. The van der Waals surface area contributed by atoms with Crippen molar-refractivity contribution in [2.75, 3.05) is 5.75 Å². The highest BCUT2D eigenvalue weighted by Gasteiger charge is 2.39. The fourth-order valence-electron chi connectivity index (χ4n) is 3.32. The van der Waals surface area contributed by atoms with Crippen LogP contribution in [0.4, 0.5) is 0 Å². The van der Waals surface area contributed by atoms with Crippen molar-refractivity contribution < 1.29 is 4.79 Å². The summed E-state index contributed by atoms with van der Waals surface area (Å²) < 4.78 is 1.91. The molecule has 2 aliphatic heterocycles. The lowest BCUT2D eigenvalue weighted by atomic mass is 9.98. The maximum absolute atomic E-state index is 12.1. The van der Waals surface area contributed by atoms with Gasteiger partial charge in [0.2, 0.25) is 5.91 Å². The maximum Gasteiger partial charge on any atom is 0.224 e. The molecule has 2 aliphatic rings. The number of aromatic nitrogens is 2. The Balaban J connectivity index is 1.85. The van der Waals surface area contributed by atoms with Crippen LogP contribution in [0.15, 0.2) is 18.3 Å². The lowest BCUT2D eigenvalue weighted by Crippen LogP contribution is -2.43. The first-order valence-corrected chi connectivity index (χ1v) is 7.45. The van der Waals surface area contributed by atoms with E-state index in [1.165, 1.54) is 11.3 Å². The van der Waals surface area contributed by atoms with Crippen LogP contribution in [0.5, 0.6) is 0 Å². The summed E-state index contributed by atoms with van der Waals surface area (Å²) in [6.07, 6.45) is 7.79. The fourth-order valence-corrected chi connectivity index (χ4v) is 3.51. The van der Waals surface area contributed by atoms with Gasteiger partial charge in [0.15, 0.2) is 0 Å². The third-order valence-electron chi connectivity index (χ3n) is 4.16. The van der Waals surface area contributed by atoms with E-state index < -0.39 is 0 Å². The highest BCUT2D eigenvalue weighted by Crippen LogP contribution is 2.38. The fraction of sp³-hybridized carbons (Fsp3) is 0.571. The second-order valence-electron chi connectivity index (χ2n) is 5.31. The molecule has 1 fully saturated rings. The molecule has 102 valence electrons. The smallest absolute Gasteiger partial charge is 0.224 e. The molecule has 0 N–H and O–H groups in total. The van der Waals surface area contributed by atoms with Gasteiger partial charge in [0.25, 0.3) is 0 Å². The first kappa shape index (κ1) is 12.8. The van der Waals surface area contributed by atoms with Crippen LogP contribution >= 0.6 is 12.6 Å². The Morgan fingerprint density at radius 3 is 3.00 bits per heavy atom. The molecule has 4 nitrogen and oxygen atoms in total. The van der Waals surface area contributed by atoms with Crippen LogP contribution in [-0.4, -0.2) is 38.4 Å². The minimum absolute atomic E-state index is 0.253. The van der Waals surface area contributed by atoms with Crippen molar-refractivity contribution in [3.05, 3.63) is 24.0 Å². The summed E-state index contributed by atoms with van der Waals surface area (Å²) >= 11 is 4.16. The number of nitrogens with zero attached hydrogens (tertiary/aromatic N) is 3. The Labute approximate surface area is 118 Å². The van der Waals surface area contributed by atoms with Gasteiger partial charge in [-0.2, -0.15) is 17.7 Å². The quantitative estimate of drug-likeness (QED) is 0.857. The van der Waals surface area contributed by atoms with E-state index in [9.17, 15) is 4.79 Å². The molecule has 3 heterocycles. The number of hydrogen-bond donors (Lipinski definition) is 1. The van der Waals surface area contributed by atoms with E-state index in [1.807, 2.05) is 17.9 Å². The van der Waals surface area contributed by atoms with Crippen molar-refractivity contribution in [1.82, 2.24) is 14.7 Å². The van der Waals surface area contributed by atoms with Crippen LogP contribution in [-0.2, 0) is 11.8 Å². The number of amides is 1. The lowest BCUT2D eigenvalue weighted by molar-refractivity contribution is -0.132. The largest absolute Gasteiger partial charge is 0.333 e. The lowest BCUT2D eigenvalue weighted by Gasteiger charge is -2.34. The third-order valence-corrected chi connectivity index (χ3v) is 4.38. The van der Waals surface area contributed by atoms with Gasteiger partial charge in [0, 0.05) is 25.7 Å². The third kappa shape index (κ3) is 2.20. The summed E-state index contributed by atoms with van der Waals surface area (Å²) in [6.45, 7) is 0. The molecule has 5 heteroatoms. The second-order valence-corrected chi connectivity index (χ2v) is 5.76. The molecule has 0 saturated carbocycles. The molecule has 3 rings (SSSR count). The van der Waals surface area contributed by atoms with Crippen molar-refractivity contribution in [1.29, 1.82) is 0 Å². The average molecular weight is 277 g/mol. The molecule has 19 heavy (non-hydrogen) atoms. The van der Waals surface area contributed by atoms with Crippen LogP contribution < -0.4 is 0 Å². The Hall–Kier alpha value is -1.23. The van der Waals surface area contributed by atoms with Crippen molar-refractivity contribution >= 4 is 24.1 Å². The Morgan fingerprint density at radius 2 is 2.37 bits per heavy atom. The van der Waals surface area contributed by atoms with Crippen LogP contribution in [0.2, 0.25) is 0 Å². The van der Waals surface area contributed by atoms with E-state index >= 15 is 0 Å². The van der Waals surface area contributed by atoms with Gasteiger partial charge >= 0.3 is 0 Å². The van der Waals surface area contributed by atoms with Gasteiger partial charge in [-0.3, -0.25) is 9.48 Å². The number of fused-ring (bicyclic) bond motifs is 2. The van der Waals surface area contributed by atoms with E-state index in [4.69, 9.17) is 0 Å². The number of carbonyl (C=O) groups is 1. The number of hydrogen-bond acceptors (Lipinski definition) is 3. The summed E-state index contributed by atoms with van der Waals surface area (Å²) in [7, 11) is 1.97. The van der Waals surface area contributed by atoms with Crippen LogP contribution in [0.25, 0.3) is 5.57 Å². The molecule has 1 amide bonds. The predicted octanol–water partition coefficient (Wildman–Crippen LogP) is 1.89. The standard InChI is InChI=1S/C14H19N3OS/c1-16-13(4-6-15-16)10-8-11-2-3-12(9-10)17(11)14(18)5-7-19/h4,6,8,11-12,19H,2-3,5,7,9H2,1H3. The summed E-state index contributed by atoms with van der Waals surface area (Å²) in [6, 6.07) is 2.69. The first-order chi connectivity index (χ1) is 9.20. The summed E-state index contributed by atoms with van der Waals surface area (Å²) in [5.41, 5.74) is 2.51. The van der Waals surface area contributed by atoms with Gasteiger partial charge in [-0.15, -0.1) is 0 Å². The Bertz CT molecular complexity index is 523. The van der Waals surface area contributed by atoms with E-state index in [-0.39, 0.29) is 11.9 Å². The average Bonchev–Trinajstić information content (AvgIpc) is 2.92. The van der Waals surface area contributed by atoms with Gasteiger partial charge in [-0.1, -0.05) is 6.08 Å². The number of rotatable bonds is 3. The van der Waals surface area contributed by atoms with Gasteiger partial charge < -0.3 is 4.90 Å². The van der Waals surface area contributed by atoms with Crippen molar-refractivity contribution in [3.63, 3.8) is 0 Å². The second kappa shape index (κ2) is 5.04. The molecule has 2 atom stereocenters. The molecule has 0 radical (unpaired) electrons. The minimum Gasteiger partial charge on any atom is -0.333 e. The number of aryl methyl sites for hydroxylation is 1. The highest BCUT2D eigenvalue weighted by molar-refractivity contribution is 7.80. The molecular weight excluding hydrogens is 258 g/mol. The van der Waals surface area contributed by atoms with Crippen molar-refractivity contribution in [2.24, 2.45) is 7.05 Å². The Kier molecular flexibility index (Phi) is 3.39. The topological polar surface area (TPSA) is 38.1 Å². The summed E-state index contributed by atoms with van der Waals surface area (Å²) in [4.78, 5) is 14.2. The zero-order valence-electron chi connectivity index (χ0n) is 11.1. The molecule has 0 spiro atoms. The summed E-state index contributed by atoms with van der Waals surface area (Å²) in [5, 5.41) is 4.23. The minimum atomic E-state index is 0.253. The van der Waals surface area contributed by atoms with Gasteiger partial charge in [-0.05, 0) is 36.7 Å². The van der Waals surface area contributed by atoms with Gasteiger partial charge in [0.05, 0.1) is 11.7 Å². The van der Waals surface area contributed by atoms with Crippen LogP contribution in [0, 0.1) is 0 Å². The van der Waals surface area contributed by atoms with E-state index in [0.717, 1.165) is 19.3 Å². The Morgan fingerprint density at radius 1 is 1.53 bits per heavy atom. The van der Waals surface area contributed by atoms with E-state index in [2.05, 4.69) is 34.8 Å². The van der Waals surface area contributed by atoms with E-state index in [1.54, 1.807) is 0 Å². The van der Waals surface area contributed by atoms with Gasteiger partial charge in [0.1, 0.15) is 0 Å². The maximum atomic E-state index is 12.1. The van der Waals surface area contributed by atoms with E-state index in [0.29, 0.717) is 18.2 Å².